The summed E-state index contributed by atoms with van der Waals surface area (Å²) in [7, 11) is 0. The summed E-state index contributed by atoms with van der Waals surface area (Å²) in [5.41, 5.74) is 0.790. The molecule has 0 aromatic heterocycles. The Morgan fingerprint density at radius 1 is 1.35 bits per heavy atom. The number of hydrogen-bond donors (Lipinski definition) is 0. The highest BCUT2D eigenvalue weighted by Crippen LogP contribution is 2.36. The SMILES string of the molecule is CCCC[C@H](C)C[C@@]1(CC)C=C(CC)[C@@H](CC(=O)OCC)OO1. The van der Waals surface area contributed by atoms with Crippen LogP contribution in [0, 0.1) is 5.92 Å². The molecule has 134 valence electrons. The van der Waals surface area contributed by atoms with Crippen molar-refractivity contribution in [3.8, 4) is 0 Å². The zero-order valence-electron chi connectivity index (χ0n) is 15.5. The molecule has 0 N–H and O–H groups in total. The van der Waals surface area contributed by atoms with E-state index in [0.29, 0.717) is 12.5 Å². The van der Waals surface area contributed by atoms with E-state index in [1.807, 2.05) is 6.92 Å². The molecule has 0 amide bonds. The minimum atomic E-state index is -0.357. The van der Waals surface area contributed by atoms with E-state index >= 15 is 0 Å². The van der Waals surface area contributed by atoms with Crippen molar-refractivity contribution in [2.75, 3.05) is 6.61 Å². The summed E-state index contributed by atoms with van der Waals surface area (Å²) in [6.45, 7) is 10.9. The van der Waals surface area contributed by atoms with Crippen molar-refractivity contribution in [3.63, 3.8) is 0 Å². The van der Waals surface area contributed by atoms with Crippen LogP contribution in [-0.4, -0.2) is 24.3 Å². The summed E-state index contributed by atoms with van der Waals surface area (Å²) in [5, 5.41) is 0. The van der Waals surface area contributed by atoms with Gasteiger partial charge in [0.05, 0.1) is 13.0 Å². The zero-order chi connectivity index (χ0) is 17.3. The van der Waals surface area contributed by atoms with Crippen molar-refractivity contribution in [3.05, 3.63) is 11.6 Å². The van der Waals surface area contributed by atoms with Crippen LogP contribution >= 0.6 is 0 Å². The summed E-state index contributed by atoms with van der Waals surface area (Å²) in [6, 6.07) is 0. The van der Waals surface area contributed by atoms with Gasteiger partial charge in [-0.2, -0.15) is 0 Å². The van der Waals surface area contributed by atoms with E-state index in [1.165, 1.54) is 19.3 Å². The Morgan fingerprint density at radius 2 is 2.09 bits per heavy atom. The van der Waals surface area contributed by atoms with Crippen molar-refractivity contribution in [1.82, 2.24) is 0 Å². The number of rotatable bonds is 10. The average Bonchev–Trinajstić information content (AvgIpc) is 2.54. The van der Waals surface area contributed by atoms with Crippen LogP contribution in [-0.2, 0) is 19.3 Å². The second-order valence-corrected chi connectivity index (χ2v) is 6.62. The van der Waals surface area contributed by atoms with E-state index in [9.17, 15) is 4.79 Å². The summed E-state index contributed by atoms with van der Waals surface area (Å²) >= 11 is 0. The Balaban J connectivity index is 2.78. The third kappa shape index (κ3) is 6.27. The number of unbranched alkanes of at least 4 members (excludes halogenated alkanes) is 1. The smallest absolute Gasteiger partial charge is 0.308 e. The molecule has 0 aromatic rings. The second-order valence-electron chi connectivity index (χ2n) is 6.62. The van der Waals surface area contributed by atoms with Crippen molar-refractivity contribution in [1.29, 1.82) is 0 Å². The molecule has 0 aromatic carbocycles. The highest BCUT2D eigenvalue weighted by molar-refractivity contribution is 5.70. The lowest BCUT2D eigenvalue weighted by Gasteiger charge is -2.38. The van der Waals surface area contributed by atoms with Crippen molar-refractivity contribution < 1.29 is 19.3 Å². The molecule has 1 rings (SSSR count). The van der Waals surface area contributed by atoms with Gasteiger partial charge >= 0.3 is 5.97 Å². The monoisotopic (exact) mass is 326 g/mol. The zero-order valence-corrected chi connectivity index (χ0v) is 15.5. The molecular weight excluding hydrogens is 292 g/mol. The van der Waals surface area contributed by atoms with Gasteiger partial charge in [-0.3, -0.25) is 4.79 Å². The van der Waals surface area contributed by atoms with E-state index in [2.05, 4.69) is 33.8 Å². The average molecular weight is 326 g/mol. The lowest BCUT2D eigenvalue weighted by Crippen LogP contribution is -2.40. The second kappa shape index (κ2) is 10.1. The lowest BCUT2D eigenvalue weighted by atomic mass is 9.83. The first-order valence-corrected chi connectivity index (χ1v) is 9.21. The van der Waals surface area contributed by atoms with Crippen LogP contribution in [0.5, 0.6) is 0 Å². The fourth-order valence-corrected chi connectivity index (χ4v) is 3.18. The van der Waals surface area contributed by atoms with Gasteiger partial charge in [-0.25, -0.2) is 9.78 Å². The Morgan fingerprint density at radius 3 is 2.65 bits per heavy atom. The van der Waals surface area contributed by atoms with Crippen LogP contribution in [0.1, 0.15) is 79.6 Å². The van der Waals surface area contributed by atoms with Gasteiger partial charge in [0.15, 0.2) is 0 Å². The molecule has 1 aliphatic heterocycles. The van der Waals surface area contributed by atoms with Crippen LogP contribution in [0.2, 0.25) is 0 Å². The van der Waals surface area contributed by atoms with Gasteiger partial charge in [-0.15, -0.1) is 0 Å². The van der Waals surface area contributed by atoms with Crippen LogP contribution in [0.4, 0.5) is 0 Å². The molecule has 1 aliphatic rings. The number of carbonyl (C=O) groups excluding carboxylic acids is 1. The quantitative estimate of drug-likeness (QED) is 0.323. The maximum Gasteiger partial charge on any atom is 0.308 e. The number of hydrogen-bond acceptors (Lipinski definition) is 4. The molecule has 3 atom stereocenters. The largest absolute Gasteiger partial charge is 0.466 e. The van der Waals surface area contributed by atoms with Crippen LogP contribution in [0.15, 0.2) is 11.6 Å². The van der Waals surface area contributed by atoms with Crippen LogP contribution in [0.3, 0.4) is 0 Å². The molecule has 0 spiro atoms. The van der Waals surface area contributed by atoms with Gasteiger partial charge in [0.1, 0.15) is 11.7 Å². The fourth-order valence-electron chi connectivity index (χ4n) is 3.18. The highest BCUT2D eigenvalue weighted by atomic mass is 17.2. The third-order valence-corrected chi connectivity index (χ3v) is 4.60. The predicted molar refractivity (Wildman–Crippen MR) is 91.9 cm³/mol. The normalized spacial score (nSPS) is 25.8. The summed E-state index contributed by atoms with van der Waals surface area (Å²) in [6.07, 6.45) is 8.49. The topological polar surface area (TPSA) is 44.8 Å². The molecule has 23 heavy (non-hydrogen) atoms. The molecular formula is C19H34O4. The first-order valence-electron chi connectivity index (χ1n) is 9.21. The first kappa shape index (κ1) is 20.2. The Labute approximate surface area is 141 Å². The highest BCUT2D eigenvalue weighted by Gasteiger charge is 2.37. The first-order chi connectivity index (χ1) is 11.0. The lowest BCUT2D eigenvalue weighted by molar-refractivity contribution is -0.378. The number of carbonyl (C=O) groups is 1. The van der Waals surface area contributed by atoms with Crippen molar-refractivity contribution >= 4 is 5.97 Å². The van der Waals surface area contributed by atoms with Gasteiger partial charge in [0.2, 0.25) is 0 Å². The molecule has 0 saturated carbocycles. The summed E-state index contributed by atoms with van der Waals surface area (Å²) < 4.78 is 5.02. The van der Waals surface area contributed by atoms with E-state index in [0.717, 1.165) is 24.8 Å². The van der Waals surface area contributed by atoms with Gasteiger partial charge in [-0.1, -0.05) is 47.0 Å². The van der Waals surface area contributed by atoms with E-state index in [-0.39, 0.29) is 24.1 Å². The molecule has 4 heteroatoms. The molecule has 4 nitrogen and oxygen atoms in total. The minimum absolute atomic E-state index is 0.221. The molecule has 0 aliphatic carbocycles. The Hall–Kier alpha value is -0.870. The molecule has 0 bridgehead atoms. The summed E-state index contributed by atoms with van der Waals surface area (Å²) in [5.74, 6) is 0.357. The Bertz CT molecular complexity index is 391. The van der Waals surface area contributed by atoms with E-state index in [1.54, 1.807) is 0 Å². The minimum Gasteiger partial charge on any atom is -0.466 e. The summed E-state index contributed by atoms with van der Waals surface area (Å²) in [4.78, 5) is 23.2. The van der Waals surface area contributed by atoms with E-state index in [4.69, 9.17) is 14.5 Å². The molecule has 0 saturated heterocycles. The van der Waals surface area contributed by atoms with Gasteiger partial charge < -0.3 is 4.74 Å². The van der Waals surface area contributed by atoms with E-state index < -0.39 is 0 Å². The number of esters is 1. The number of ether oxygens (including phenoxy) is 1. The molecule has 0 unspecified atom stereocenters. The van der Waals surface area contributed by atoms with Gasteiger partial charge in [-0.05, 0) is 43.8 Å². The molecule has 1 heterocycles. The van der Waals surface area contributed by atoms with Gasteiger partial charge in [0.25, 0.3) is 0 Å². The Kier molecular flexibility index (Phi) is 8.85. The molecule has 0 fully saturated rings. The van der Waals surface area contributed by atoms with Crippen molar-refractivity contribution in [2.45, 2.75) is 91.3 Å². The standard InChI is InChI=1S/C19H34O4/c1-6-10-11-15(5)13-19(8-3)14-16(7-2)17(22-23-19)12-18(20)21-9-4/h14-15,17H,6-13H2,1-5H3/t15-,17+,19-/m0/s1. The van der Waals surface area contributed by atoms with Crippen LogP contribution < -0.4 is 0 Å². The fraction of sp³-hybridized carbons (Fsp3) is 0.842. The predicted octanol–water partition coefficient (Wildman–Crippen LogP) is 4.97. The van der Waals surface area contributed by atoms with Gasteiger partial charge in [0, 0.05) is 0 Å². The van der Waals surface area contributed by atoms with Crippen molar-refractivity contribution in [2.24, 2.45) is 5.92 Å². The maximum absolute atomic E-state index is 11.7. The third-order valence-electron chi connectivity index (χ3n) is 4.60. The molecule has 0 radical (unpaired) electrons. The maximum atomic E-state index is 11.7. The van der Waals surface area contributed by atoms with Crippen LogP contribution in [0.25, 0.3) is 0 Å².